The lowest BCUT2D eigenvalue weighted by Crippen LogP contribution is -2.13. The van der Waals surface area contributed by atoms with E-state index >= 15 is 0 Å². The molecule has 94 valence electrons. The van der Waals surface area contributed by atoms with E-state index in [1.54, 1.807) is 18.3 Å². The van der Waals surface area contributed by atoms with E-state index in [2.05, 4.69) is 31.2 Å². The lowest BCUT2D eigenvalue weighted by Gasteiger charge is -2.05. The summed E-state index contributed by atoms with van der Waals surface area (Å²) in [6.45, 7) is 3.63. The minimum atomic E-state index is -0.289. The van der Waals surface area contributed by atoms with E-state index in [4.69, 9.17) is 0 Å². The molecule has 1 heterocycles. The number of nitrogens with one attached hydrogen (secondary N) is 1. The fourth-order valence-corrected chi connectivity index (χ4v) is 1.90. The van der Waals surface area contributed by atoms with Gasteiger partial charge in [-0.2, -0.15) is 0 Å². The second-order valence-corrected chi connectivity index (χ2v) is 4.64. The Hall–Kier alpha value is -1.33. The van der Waals surface area contributed by atoms with Crippen molar-refractivity contribution in [2.24, 2.45) is 0 Å². The van der Waals surface area contributed by atoms with Gasteiger partial charge in [-0.05, 0) is 46.7 Å². The maximum Gasteiger partial charge on any atom is 0.159 e. The molecule has 1 N–H and O–H groups in total. The minimum absolute atomic E-state index is 0.289. The predicted octanol–water partition coefficient (Wildman–Crippen LogP) is 3.15. The smallest absolute Gasteiger partial charge is 0.159 e. The molecule has 0 atom stereocenters. The fraction of sp³-hybridized carbons (Fsp3) is 0.231. The van der Waals surface area contributed by atoms with Crippen molar-refractivity contribution in [1.29, 1.82) is 0 Å². The molecule has 0 saturated carbocycles. The van der Waals surface area contributed by atoms with Crippen molar-refractivity contribution in [2.75, 3.05) is 6.54 Å². The summed E-state index contributed by atoms with van der Waals surface area (Å²) in [5.74, 6) is 0.314. The van der Waals surface area contributed by atoms with Gasteiger partial charge in [0, 0.05) is 18.3 Å². The molecule has 0 saturated heterocycles. The first-order valence-corrected chi connectivity index (χ1v) is 6.48. The molecule has 0 aliphatic rings. The van der Waals surface area contributed by atoms with Crippen LogP contribution in [0.4, 0.5) is 4.39 Å². The lowest BCUT2D eigenvalue weighted by molar-refractivity contribution is 0.621. The second-order valence-electron chi connectivity index (χ2n) is 3.78. The molecule has 0 bridgehead atoms. The van der Waals surface area contributed by atoms with Crippen LogP contribution >= 0.6 is 15.9 Å². The summed E-state index contributed by atoms with van der Waals surface area (Å²) < 4.78 is 13.6. The van der Waals surface area contributed by atoms with Crippen molar-refractivity contribution in [3.8, 4) is 11.4 Å². The Bertz CT molecular complexity index is 546. The van der Waals surface area contributed by atoms with E-state index in [-0.39, 0.29) is 5.82 Å². The van der Waals surface area contributed by atoms with Crippen molar-refractivity contribution >= 4 is 15.9 Å². The Labute approximate surface area is 114 Å². The molecule has 2 rings (SSSR count). The highest BCUT2D eigenvalue weighted by Crippen LogP contribution is 2.22. The Morgan fingerprint density at radius 1 is 1.33 bits per heavy atom. The molecule has 18 heavy (non-hydrogen) atoms. The highest BCUT2D eigenvalue weighted by Gasteiger charge is 2.06. The van der Waals surface area contributed by atoms with Crippen molar-refractivity contribution in [3.63, 3.8) is 0 Å². The Balaban J connectivity index is 2.29. The molecule has 0 aliphatic carbocycles. The SMILES string of the molecule is CCNCc1ccnc(-c2ccc(F)c(Br)c2)n1. The number of hydrogen-bond donors (Lipinski definition) is 1. The van der Waals surface area contributed by atoms with Gasteiger partial charge in [0.2, 0.25) is 0 Å². The molecule has 0 aliphatic heterocycles. The zero-order chi connectivity index (χ0) is 13.0. The molecular formula is C13H13BrFN3. The monoisotopic (exact) mass is 309 g/mol. The first kappa shape index (κ1) is 13.1. The molecule has 1 aromatic carbocycles. The second kappa shape index (κ2) is 6.02. The molecule has 0 fully saturated rings. The van der Waals surface area contributed by atoms with E-state index in [9.17, 15) is 4.39 Å². The largest absolute Gasteiger partial charge is 0.311 e. The summed E-state index contributed by atoms with van der Waals surface area (Å²) in [6.07, 6.45) is 1.71. The van der Waals surface area contributed by atoms with Crippen molar-refractivity contribution < 1.29 is 4.39 Å². The van der Waals surface area contributed by atoms with Gasteiger partial charge < -0.3 is 5.32 Å². The van der Waals surface area contributed by atoms with E-state index in [1.807, 2.05) is 13.0 Å². The number of nitrogens with zero attached hydrogens (tertiary/aromatic N) is 2. The van der Waals surface area contributed by atoms with Crippen LogP contribution in [0, 0.1) is 5.82 Å². The van der Waals surface area contributed by atoms with Crippen molar-refractivity contribution in [3.05, 3.63) is 46.4 Å². The summed E-state index contributed by atoms with van der Waals surface area (Å²) in [5.41, 5.74) is 1.71. The lowest BCUT2D eigenvalue weighted by atomic mass is 10.2. The molecule has 3 nitrogen and oxygen atoms in total. The Morgan fingerprint density at radius 2 is 2.17 bits per heavy atom. The average molecular weight is 310 g/mol. The third-order valence-corrected chi connectivity index (χ3v) is 3.05. The zero-order valence-corrected chi connectivity index (χ0v) is 11.5. The molecule has 0 amide bonds. The summed E-state index contributed by atoms with van der Waals surface area (Å²) in [4.78, 5) is 8.64. The zero-order valence-electron chi connectivity index (χ0n) is 9.95. The van der Waals surface area contributed by atoms with Gasteiger partial charge in [-0.15, -0.1) is 0 Å². The molecule has 1 aromatic heterocycles. The van der Waals surface area contributed by atoms with Gasteiger partial charge in [0.15, 0.2) is 5.82 Å². The normalized spacial score (nSPS) is 10.6. The highest BCUT2D eigenvalue weighted by molar-refractivity contribution is 9.10. The van der Waals surface area contributed by atoms with Gasteiger partial charge in [-0.1, -0.05) is 6.92 Å². The molecule has 0 spiro atoms. The number of benzene rings is 1. The molecule has 2 aromatic rings. The van der Waals surface area contributed by atoms with Crippen LogP contribution in [0.2, 0.25) is 0 Å². The standard InChI is InChI=1S/C13H13BrFN3/c1-2-16-8-10-5-6-17-13(18-10)9-3-4-12(15)11(14)7-9/h3-7,16H,2,8H2,1H3. The first-order valence-electron chi connectivity index (χ1n) is 5.68. The van der Waals surface area contributed by atoms with Crippen molar-refractivity contribution in [2.45, 2.75) is 13.5 Å². The maximum atomic E-state index is 13.2. The van der Waals surface area contributed by atoms with Crippen LogP contribution in [0.25, 0.3) is 11.4 Å². The van der Waals surface area contributed by atoms with E-state index in [1.165, 1.54) is 6.07 Å². The minimum Gasteiger partial charge on any atom is -0.311 e. The van der Waals surface area contributed by atoms with Crippen LogP contribution in [0.3, 0.4) is 0 Å². The molecular weight excluding hydrogens is 297 g/mol. The Kier molecular flexibility index (Phi) is 4.38. The van der Waals surface area contributed by atoms with E-state index in [0.29, 0.717) is 16.8 Å². The van der Waals surface area contributed by atoms with Gasteiger partial charge in [0.1, 0.15) is 5.82 Å². The molecule has 0 unspecified atom stereocenters. The van der Waals surface area contributed by atoms with E-state index < -0.39 is 0 Å². The third-order valence-electron chi connectivity index (χ3n) is 2.45. The topological polar surface area (TPSA) is 37.8 Å². The van der Waals surface area contributed by atoms with Crippen LogP contribution in [0.1, 0.15) is 12.6 Å². The van der Waals surface area contributed by atoms with Gasteiger partial charge >= 0.3 is 0 Å². The number of halogens is 2. The van der Waals surface area contributed by atoms with Gasteiger partial charge in [0.05, 0.1) is 10.2 Å². The summed E-state index contributed by atoms with van der Waals surface area (Å²) in [7, 11) is 0. The first-order chi connectivity index (χ1) is 8.70. The van der Waals surface area contributed by atoms with Crippen LogP contribution in [-0.2, 0) is 6.54 Å². The van der Waals surface area contributed by atoms with Crippen LogP contribution in [-0.4, -0.2) is 16.5 Å². The summed E-state index contributed by atoms with van der Waals surface area (Å²) in [5, 5.41) is 3.20. The van der Waals surface area contributed by atoms with Crippen LogP contribution < -0.4 is 5.32 Å². The van der Waals surface area contributed by atoms with E-state index in [0.717, 1.165) is 17.8 Å². The Morgan fingerprint density at radius 3 is 2.89 bits per heavy atom. The number of rotatable bonds is 4. The highest BCUT2D eigenvalue weighted by atomic mass is 79.9. The quantitative estimate of drug-likeness (QED) is 0.942. The number of hydrogen-bond acceptors (Lipinski definition) is 3. The number of aromatic nitrogens is 2. The van der Waals surface area contributed by atoms with Crippen LogP contribution in [0.15, 0.2) is 34.9 Å². The van der Waals surface area contributed by atoms with Gasteiger partial charge in [-0.25, -0.2) is 14.4 Å². The van der Waals surface area contributed by atoms with Crippen molar-refractivity contribution in [1.82, 2.24) is 15.3 Å². The molecule has 5 heteroatoms. The fourth-order valence-electron chi connectivity index (χ4n) is 1.52. The predicted molar refractivity (Wildman–Crippen MR) is 72.5 cm³/mol. The van der Waals surface area contributed by atoms with Gasteiger partial charge in [-0.3, -0.25) is 0 Å². The summed E-state index contributed by atoms with van der Waals surface area (Å²) in [6, 6.07) is 6.62. The third kappa shape index (κ3) is 3.11. The maximum absolute atomic E-state index is 13.2. The average Bonchev–Trinajstić information content (AvgIpc) is 2.40. The molecule has 0 radical (unpaired) electrons. The summed E-state index contributed by atoms with van der Waals surface area (Å²) >= 11 is 3.16. The van der Waals surface area contributed by atoms with Gasteiger partial charge in [0.25, 0.3) is 0 Å². The van der Waals surface area contributed by atoms with Crippen LogP contribution in [0.5, 0.6) is 0 Å².